The van der Waals surface area contributed by atoms with Gasteiger partial charge in [-0.15, -0.1) is 0 Å². The zero-order chi connectivity index (χ0) is 16.7. The minimum absolute atomic E-state index is 0.129. The maximum absolute atomic E-state index is 14.5. The average molecular weight is 316 g/mol. The van der Waals surface area contributed by atoms with Crippen LogP contribution >= 0.6 is 0 Å². The molecule has 0 aliphatic heterocycles. The quantitative estimate of drug-likeness (QED) is 0.783. The number of halogens is 2. The van der Waals surface area contributed by atoms with E-state index in [2.05, 4.69) is 15.3 Å². The van der Waals surface area contributed by atoms with Crippen LogP contribution in [0.15, 0.2) is 24.4 Å². The van der Waals surface area contributed by atoms with Gasteiger partial charge in [-0.05, 0) is 44.5 Å². The van der Waals surface area contributed by atoms with E-state index in [0.29, 0.717) is 28.0 Å². The van der Waals surface area contributed by atoms with Gasteiger partial charge in [0.1, 0.15) is 23.0 Å². The lowest BCUT2D eigenvalue weighted by molar-refractivity contribution is 0.600. The SMILES string of the molecule is CNc1cc(-c2cc(F)c3nc(C)n(C(C)C)c3c2)c(F)cn1. The summed E-state index contributed by atoms with van der Waals surface area (Å²) in [7, 11) is 1.70. The van der Waals surface area contributed by atoms with E-state index in [1.165, 1.54) is 6.07 Å². The number of nitrogens with zero attached hydrogens (tertiary/aromatic N) is 3. The van der Waals surface area contributed by atoms with Crippen molar-refractivity contribution in [1.29, 1.82) is 0 Å². The molecule has 0 saturated heterocycles. The normalized spacial score (nSPS) is 11.4. The molecule has 0 spiro atoms. The van der Waals surface area contributed by atoms with E-state index >= 15 is 0 Å². The number of hydrogen-bond donors (Lipinski definition) is 1. The van der Waals surface area contributed by atoms with Crippen LogP contribution in [0.25, 0.3) is 22.2 Å². The van der Waals surface area contributed by atoms with E-state index in [1.807, 2.05) is 25.3 Å². The van der Waals surface area contributed by atoms with E-state index in [4.69, 9.17) is 0 Å². The first-order chi connectivity index (χ1) is 10.9. The molecule has 0 amide bonds. The van der Waals surface area contributed by atoms with E-state index in [9.17, 15) is 8.78 Å². The Balaban J connectivity index is 2.29. The van der Waals surface area contributed by atoms with Crippen molar-refractivity contribution >= 4 is 16.9 Å². The molecule has 0 atom stereocenters. The highest BCUT2D eigenvalue weighted by atomic mass is 19.1. The van der Waals surface area contributed by atoms with Crippen molar-refractivity contribution < 1.29 is 8.78 Å². The molecule has 0 unspecified atom stereocenters. The second kappa shape index (κ2) is 5.61. The molecule has 2 heterocycles. The molecule has 0 bridgehead atoms. The van der Waals surface area contributed by atoms with Gasteiger partial charge in [0.15, 0.2) is 5.82 Å². The van der Waals surface area contributed by atoms with Crippen molar-refractivity contribution in [2.45, 2.75) is 26.8 Å². The van der Waals surface area contributed by atoms with E-state index in [1.54, 1.807) is 19.2 Å². The maximum atomic E-state index is 14.5. The summed E-state index contributed by atoms with van der Waals surface area (Å²) >= 11 is 0. The highest BCUT2D eigenvalue weighted by Crippen LogP contribution is 2.31. The summed E-state index contributed by atoms with van der Waals surface area (Å²) in [5.41, 5.74) is 1.74. The van der Waals surface area contributed by atoms with Crippen molar-refractivity contribution in [3.63, 3.8) is 0 Å². The number of imidazole rings is 1. The number of anilines is 1. The lowest BCUT2D eigenvalue weighted by Gasteiger charge is -2.12. The Bertz CT molecular complexity index is 884. The Morgan fingerprint density at radius 3 is 2.52 bits per heavy atom. The molecule has 0 saturated carbocycles. The van der Waals surface area contributed by atoms with Gasteiger partial charge >= 0.3 is 0 Å². The topological polar surface area (TPSA) is 42.7 Å². The minimum atomic E-state index is -0.491. The van der Waals surface area contributed by atoms with E-state index in [0.717, 1.165) is 12.0 Å². The van der Waals surface area contributed by atoms with E-state index in [-0.39, 0.29) is 6.04 Å². The maximum Gasteiger partial charge on any atom is 0.151 e. The number of fused-ring (bicyclic) bond motifs is 1. The summed E-state index contributed by atoms with van der Waals surface area (Å²) in [5, 5.41) is 2.86. The fraction of sp³-hybridized carbons (Fsp3) is 0.294. The van der Waals surface area contributed by atoms with Gasteiger partial charge in [-0.1, -0.05) is 0 Å². The molecule has 0 aliphatic carbocycles. The van der Waals surface area contributed by atoms with Crippen LogP contribution < -0.4 is 5.32 Å². The van der Waals surface area contributed by atoms with Gasteiger partial charge in [0.25, 0.3) is 0 Å². The van der Waals surface area contributed by atoms with Crippen LogP contribution in [0.1, 0.15) is 25.7 Å². The average Bonchev–Trinajstić information content (AvgIpc) is 2.84. The molecular weight excluding hydrogens is 298 g/mol. The lowest BCUT2D eigenvalue weighted by Crippen LogP contribution is -2.03. The predicted octanol–water partition coefficient (Wildman–Crippen LogP) is 4.31. The van der Waals surface area contributed by atoms with Crippen LogP contribution in [0.4, 0.5) is 14.6 Å². The summed E-state index contributed by atoms with van der Waals surface area (Å²) in [5.74, 6) is 0.310. The first-order valence-corrected chi connectivity index (χ1v) is 7.44. The molecule has 6 heteroatoms. The lowest BCUT2D eigenvalue weighted by atomic mass is 10.0. The Labute approximate surface area is 133 Å². The monoisotopic (exact) mass is 316 g/mol. The third-order valence-electron chi connectivity index (χ3n) is 3.86. The number of benzene rings is 1. The minimum Gasteiger partial charge on any atom is -0.373 e. The summed E-state index contributed by atoms with van der Waals surface area (Å²) in [6, 6.07) is 4.79. The van der Waals surface area contributed by atoms with Crippen molar-refractivity contribution in [1.82, 2.24) is 14.5 Å². The number of pyridine rings is 1. The zero-order valence-corrected chi connectivity index (χ0v) is 13.5. The number of rotatable bonds is 3. The van der Waals surface area contributed by atoms with Crippen molar-refractivity contribution in [2.75, 3.05) is 12.4 Å². The summed E-state index contributed by atoms with van der Waals surface area (Å²) < 4.78 is 30.6. The fourth-order valence-electron chi connectivity index (χ4n) is 2.87. The Morgan fingerprint density at radius 2 is 1.87 bits per heavy atom. The number of nitrogens with one attached hydrogen (secondary N) is 1. The van der Waals surface area contributed by atoms with E-state index < -0.39 is 11.6 Å². The zero-order valence-electron chi connectivity index (χ0n) is 13.5. The molecular formula is C17H18F2N4. The van der Waals surface area contributed by atoms with Gasteiger partial charge in [-0.3, -0.25) is 0 Å². The number of aryl methyl sites for hydroxylation is 1. The second-order valence-electron chi connectivity index (χ2n) is 5.75. The molecule has 0 aliphatic rings. The third kappa shape index (κ3) is 2.54. The van der Waals surface area contributed by atoms with Gasteiger partial charge in [-0.25, -0.2) is 18.7 Å². The predicted molar refractivity (Wildman–Crippen MR) is 87.5 cm³/mol. The molecule has 23 heavy (non-hydrogen) atoms. The van der Waals surface area contributed by atoms with Crippen LogP contribution in [0.5, 0.6) is 0 Å². The van der Waals surface area contributed by atoms with Crippen molar-refractivity contribution in [3.05, 3.63) is 41.9 Å². The molecule has 4 nitrogen and oxygen atoms in total. The highest BCUT2D eigenvalue weighted by molar-refractivity contribution is 5.84. The fourth-order valence-corrected chi connectivity index (χ4v) is 2.87. The summed E-state index contributed by atoms with van der Waals surface area (Å²) in [4.78, 5) is 8.21. The molecule has 2 aromatic heterocycles. The standard InChI is InChI=1S/C17H18F2N4/c1-9(2)23-10(3)22-17-13(18)5-11(6-15(17)23)12-7-16(20-4)21-8-14(12)19/h5-9H,1-4H3,(H,20,21). The first-order valence-electron chi connectivity index (χ1n) is 7.44. The second-order valence-corrected chi connectivity index (χ2v) is 5.75. The summed E-state index contributed by atoms with van der Waals surface area (Å²) in [6.07, 6.45) is 1.13. The molecule has 0 fully saturated rings. The summed E-state index contributed by atoms with van der Waals surface area (Å²) in [6.45, 7) is 5.85. The largest absolute Gasteiger partial charge is 0.373 e. The van der Waals surface area contributed by atoms with Crippen LogP contribution in [-0.2, 0) is 0 Å². The van der Waals surface area contributed by atoms with Gasteiger partial charge < -0.3 is 9.88 Å². The molecule has 0 radical (unpaired) electrons. The van der Waals surface area contributed by atoms with Crippen molar-refractivity contribution in [3.8, 4) is 11.1 Å². The van der Waals surface area contributed by atoms with Crippen LogP contribution in [0, 0.1) is 18.6 Å². The van der Waals surface area contributed by atoms with Gasteiger partial charge in [0.2, 0.25) is 0 Å². The Kier molecular flexibility index (Phi) is 3.75. The van der Waals surface area contributed by atoms with Crippen LogP contribution in [0.2, 0.25) is 0 Å². The van der Waals surface area contributed by atoms with Gasteiger partial charge in [0, 0.05) is 18.7 Å². The smallest absolute Gasteiger partial charge is 0.151 e. The number of hydrogen-bond acceptors (Lipinski definition) is 3. The molecule has 1 N–H and O–H groups in total. The van der Waals surface area contributed by atoms with Gasteiger partial charge in [-0.2, -0.15) is 0 Å². The molecule has 3 rings (SSSR count). The van der Waals surface area contributed by atoms with Crippen LogP contribution in [0.3, 0.4) is 0 Å². The molecule has 3 aromatic rings. The first kappa shape index (κ1) is 15.4. The molecule has 1 aromatic carbocycles. The molecule has 120 valence electrons. The Morgan fingerprint density at radius 1 is 1.13 bits per heavy atom. The van der Waals surface area contributed by atoms with Gasteiger partial charge in [0.05, 0.1) is 11.7 Å². The Hall–Kier alpha value is -2.50. The number of aromatic nitrogens is 3. The third-order valence-corrected chi connectivity index (χ3v) is 3.86. The highest BCUT2D eigenvalue weighted by Gasteiger charge is 2.17. The van der Waals surface area contributed by atoms with Crippen molar-refractivity contribution in [2.24, 2.45) is 0 Å². The van der Waals surface area contributed by atoms with Crippen LogP contribution in [-0.4, -0.2) is 21.6 Å².